The Hall–Kier alpha value is 0.340. The van der Waals surface area contributed by atoms with Crippen LogP contribution < -0.4 is 0 Å². The summed E-state index contributed by atoms with van der Waals surface area (Å²) < 4.78 is 0. The van der Waals surface area contributed by atoms with Gasteiger partial charge in [0.1, 0.15) is 0 Å². The fourth-order valence-electron chi connectivity index (χ4n) is 6.73. The maximum atomic E-state index is 2.58. The van der Waals surface area contributed by atoms with Gasteiger partial charge < -0.3 is 0 Å². The molecule has 0 unspecified atom stereocenters. The van der Waals surface area contributed by atoms with Gasteiger partial charge in [0, 0.05) is 5.92 Å². The lowest BCUT2D eigenvalue weighted by atomic mass is 9.99. The van der Waals surface area contributed by atoms with Crippen molar-refractivity contribution in [3.8, 4) is 0 Å². The van der Waals surface area contributed by atoms with Crippen LogP contribution in [0.1, 0.15) is 113 Å². The van der Waals surface area contributed by atoms with E-state index in [0.29, 0.717) is 16.0 Å². The topological polar surface area (TPSA) is 0 Å². The Bertz CT molecular complexity index is 545. The summed E-state index contributed by atoms with van der Waals surface area (Å²) in [4.78, 5) is 0. The van der Waals surface area contributed by atoms with Crippen LogP contribution >= 0.6 is 15.8 Å². The van der Waals surface area contributed by atoms with E-state index in [4.69, 9.17) is 0 Å². The minimum absolute atomic E-state index is 0.00558. The molecule has 0 spiro atoms. The average Bonchev–Trinajstić information content (AvgIpc) is 3.11. The molecule has 3 aliphatic carbocycles. The summed E-state index contributed by atoms with van der Waals surface area (Å²) in [6, 6.07) is 0. The predicted molar refractivity (Wildman–Crippen MR) is 137 cm³/mol. The second-order valence-corrected chi connectivity index (χ2v) is 18.7. The standard InChI is InChI=1S/C27H47P2/c1-21(29(26(2,3)4)27(5,6)7)24-19-14-20-25(24)28(22-15-10-8-11-16-22)23-17-12-9-13-18-23/h14,19-23H,8-13,15-18H2,1-7H3/t21-/m0/s1. The number of hydrogen-bond donors (Lipinski definition) is 0. The summed E-state index contributed by atoms with van der Waals surface area (Å²) in [5.74, 6) is 1.75. The monoisotopic (exact) mass is 433 g/mol. The van der Waals surface area contributed by atoms with E-state index in [9.17, 15) is 0 Å². The molecule has 2 heteroatoms. The van der Waals surface area contributed by atoms with Crippen molar-refractivity contribution >= 4 is 15.8 Å². The van der Waals surface area contributed by atoms with E-state index in [1.54, 1.807) is 5.92 Å². The first kappa shape index (κ1) is 24.0. The van der Waals surface area contributed by atoms with Crippen molar-refractivity contribution in [1.82, 2.24) is 0 Å². The van der Waals surface area contributed by atoms with Crippen LogP contribution in [-0.2, 0) is 0 Å². The number of allylic oxidation sites excluding steroid dienone is 4. The van der Waals surface area contributed by atoms with E-state index in [1.165, 1.54) is 64.2 Å². The smallest absolute Gasteiger partial charge is 0.0343 e. The third kappa shape index (κ3) is 5.78. The quantitative estimate of drug-likeness (QED) is 0.379. The van der Waals surface area contributed by atoms with Crippen molar-refractivity contribution in [2.75, 3.05) is 0 Å². The van der Waals surface area contributed by atoms with Gasteiger partial charge >= 0.3 is 0 Å². The molecule has 0 aromatic heterocycles. The highest BCUT2D eigenvalue weighted by Gasteiger charge is 2.44. The van der Waals surface area contributed by atoms with Crippen LogP contribution in [0.5, 0.6) is 0 Å². The zero-order valence-corrected chi connectivity index (χ0v) is 22.2. The molecule has 165 valence electrons. The van der Waals surface area contributed by atoms with Gasteiger partial charge in [-0.05, 0) is 58.3 Å². The molecule has 0 bridgehead atoms. The minimum Gasteiger partial charge on any atom is -0.0915 e. The lowest BCUT2D eigenvalue weighted by Gasteiger charge is -2.49. The maximum absolute atomic E-state index is 2.58. The van der Waals surface area contributed by atoms with Crippen molar-refractivity contribution in [2.24, 2.45) is 0 Å². The van der Waals surface area contributed by atoms with Crippen LogP contribution in [0.4, 0.5) is 0 Å². The molecule has 0 amide bonds. The van der Waals surface area contributed by atoms with Crippen molar-refractivity contribution in [2.45, 2.75) is 140 Å². The molecule has 3 aliphatic rings. The second-order valence-electron chi connectivity index (χ2n) is 11.7. The van der Waals surface area contributed by atoms with E-state index >= 15 is 0 Å². The Labute approximate surface area is 185 Å². The number of hydrogen-bond acceptors (Lipinski definition) is 0. The van der Waals surface area contributed by atoms with Crippen molar-refractivity contribution in [3.63, 3.8) is 0 Å². The highest BCUT2D eigenvalue weighted by atomic mass is 31.1. The molecule has 0 aromatic carbocycles. The molecule has 1 atom stereocenters. The molecular weight excluding hydrogens is 386 g/mol. The SMILES string of the molecule is C[C@@H]([C]1C=CC=C1P(C1CCCCC1)C1CCCCC1)P(C(C)(C)C)C(C)(C)C. The number of rotatable bonds is 5. The van der Waals surface area contributed by atoms with Gasteiger partial charge in [-0.25, -0.2) is 0 Å². The fraction of sp³-hybridized carbons (Fsp3) is 0.815. The van der Waals surface area contributed by atoms with Crippen molar-refractivity contribution in [1.29, 1.82) is 0 Å². The second kappa shape index (κ2) is 9.86. The van der Waals surface area contributed by atoms with E-state index < -0.39 is 0 Å². The summed E-state index contributed by atoms with van der Waals surface area (Å²) in [7, 11) is -0.114. The molecule has 0 N–H and O–H groups in total. The summed E-state index contributed by atoms with van der Waals surface area (Å²) in [6.07, 6.45) is 22.5. The lowest BCUT2D eigenvalue weighted by molar-refractivity contribution is 0.486. The summed E-state index contributed by atoms with van der Waals surface area (Å²) in [5.41, 5.74) is 2.71. The normalized spacial score (nSPS) is 24.5. The van der Waals surface area contributed by atoms with E-state index in [-0.39, 0.29) is 15.8 Å². The molecular formula is C27H47P2. The molecule has 0 saturated heterocycles. The molecule has 0 nitrogen and oxygen atoms in total. The van der Waals surface area contributed by atoms with Gasteiger partial charge in [0.25, 0.3) is 0 Å². The average molecular weight is 434 g/mol. The van der Waals surface area contributed by atoms with Gasteiger partial charge in [-0.15, -0.1) is 0 Å². The van der Waals surface area contributed by atoms with Gasteiger partial charge in [-0.3, -0.25) is 0 Å². The predicted octanol–water partition coefficient (Wildman–Crippen LogP) is 9.63. The van der Waals surface area contributed by atoms with Crippen LogP contribution in [0, 0.1) is 5.92 Å². The van der Waals surface area contributed by atoms with Gasteiger partial charge in [-0.2, -0.15) is 0 Å². The van der Waals surface area contributed by atoms with E-state index in [2.05, 4.69) is 66.7 Å². The van der Waals surface area contributed by atoms with Crippen LogP contribution in [0.2, 0.25) is 0 Å². The van der Waals surface area contributed by atoms with Gasteiger partial charge in [-0.1, -0.05) is 121 Å². The Kier molecular flexibility index (Phi) is 8.16. The third-order valence-corrected chi connectivity index (χ3v) is 14.8. The van der Waals surface area contributed by atoms with E-state index in [0.717, 1.165) is 11.3 Å². The molecule has 0 heterocycles. The van der Waals surface area contributed by atoms with Crippen molar-refractivity contribution < 1.29 is 0 Å². The zero-order chi connectivity index (χ0) is 21.2. The molecule has 0 aromatic rings. The summed E-state index contributed by atoms with van der Waals surface area (Å²) >= 11 is 0. The zero-order valence-electron chi connectivity index (χ0n) is 20.4. The summed E-state index contributed by atoms with van der Waals surface area (Å²) in [5, 5.41) is 2.62. The van der Waals surface area contributed by atoms with Crippen LogP contribution in [0.15, 0.2) is 23.5 Å². The minimum atomic E-state index is -0.120. The molecule has 2 saturated carbocycles. The molecule has 2 fully saturated rings. The largest absolute Gasteiger partial charge is 0.0915 e. The first-order valence-electron chi connectivity index (χ1n) is 12.4. The molecule has 3 rings (SSSR count). The highest BCUT2D eigenvalue weighted by molar-refractivity contribution is 7.64. The Morgan fingerprint density at radius 2 is 1.21 bits per heavy atom. The molecule has 0 aliphatic heterocycles. The highest BCUT2D eigenvalue weighted by Crippen LogP contribution is 2.70. The van der Waals surface area contributed by atoms with Gasteiger partial charge in [0.05, 0.1) is 0 Å². The lowest BCUT2D eigenvalue weighted by Crippen LogP contribution is -2.33. The van der Waals surface area contributed by atoms with Crippen LogP contribution in [0.3, 0.4) is 0 Å². The summed E-state index contributed by atoms with van der Waals surface area (Å²) in [6.45, 7) is 17.5. The molecule has 1 radical (unpaired) electrons. The van der Waals surface area contributed by atoms with Gasteiger partial charge in [0.15, 0.2) is 0 Å². The van der Waals surface area contributed by atoms with Crippen molar-refractivity contribution in [3.05, 3.63) is 29.5 Å². The third-order valence-electron chi connectivity index (χ3n) is 7.32. The first-order chi connectivity index (χ1) is 13.6. The fourth-order valence-corrected chi connectivity index (χ4v) is 15.7. The van der Waals surface area contributed by atoms with Crippen LogP contribution in [-0.4, -0.2) is 27.3 Å². The maximum Gasteiger partial charge on any atom is 0.0343 e. The van der Waals surface area contributed by atoms with Gasteiger partial charge in [0.2, 0.25) is 0 Å². The Morgan fingerprint density at radius 1 is 0.759 bits per heavy atom. The van der Waals surface area contributed by atoms with E-state index in [1.807, 2.05) is 5.31 Å². The molecule has 29 heavy (non-hydrogen) atoms. The van der Waals surface area contributed by atoms with Crippen LogP contribution in [0.25, 0.3) is 0 Å². The Balaban J connectivity index is 1.89. The Morgan fingerprint density at radius 3 is 1.62 bits per heavy atom. The first-order valence-corrected chi connectivity index (χ1v) is 15.3.